The first-order valence-corrected chi connectivity index (χ1v) is 6.21. The predicted molar refractivity (Wildman–Crippen MR) is 62.9 cm³/mol. The van der Waals surface area contributed by atoms with Crippen LogP contribution >= 0.6 is 0 Å². The van der Waals surface area contributed by atoms with E-state index in [2.05, 4.69) is 32.9 Å². The van der Waals surface area contributed by atoms with Crippen molar-refractivity contribution in [1.82, 2.24) is 0 Å². The highest BCUT2D eigenvalue weighted by molar-refractivity contribution is 5.93. The summed E-state index contributed by atoms with van der Waals surface area (Å²) in [5.74, 6) is 0.825. The zero-order valence-corrected chi connectivity index (χ0v) is 10.5. The SMILES string of the molecule is CCCON=C1CC2CCC1(C)C2(C)C. The molecule has 2 unspecified atom stereocenters. The second-order valence-electron chi connectivity index (χ2n) is 5.86. The van der Waals surface area contributed by atoms with Crippen LogP contribution in [0.15, 0.2) is 5.16 Å². The van der Waals surface area contributed by atoms with E-state index >= 15 is 0 Å². The summed E-state index contributed by atoms with van der Waals surface area (Å²) in [6.07, 6.45) is 4.86. The van der Waals surface area contributed by atoms with Crippen LogP contribution in [0.3, 0.4) is 0 Å². The molecule has 0 spiro atoms. The maximum absolute atomic E-state index is 5.37. The van der Waals surface area contributed by atoms with Crippen LogP contribution in [0.25, 0.3) is 0 Å². The Kier molecular flexibility index (Phi) is 2.56. The third kappa shape index (κ3) is 1.41. The average molecular weight is 209 g/mol. The van der Waals surface area contributed by atoms with Gasteiger partial charge in [0.25, 0.3) is 0 Å². The van der Waals surface area contributed by atoms with Gasteiger partial charge in [0.05, 0.1) is 5.71 Å². The molecule has 2 fully saturated rings. The molecule has 0 amide bonds. The standard InChI is InChI=1S/C13H23NO/c1-5-8-15-14-11-9-10-6-7-13(11,4)12(10,2)3/h10H,5-9H2,1-4H3. The van der Waals surface area contributed by atoms with Crippen molar-refractivity contribution in [2.75, 3.05) is 6.61 Å². The molecule has 0 saturated heterocycles. The Labute approximate surface area is 93.1 Å². The summed E-state index contributed by atoms with van der Waals surface area (Å²) in [5.41, 5.74) is 2.03. The largest absolute Gasteiger partial charge is 0.396 e. The van der Waals surface area contributed by atoms with Crippen LogP contribution in [0.5, 0.6) is 0 Å². The second-order valence-corrected chi connectivity index (χ2v) is 5.86. The maximum atomic E-state index is 5.37. The lowest BCUT2D eigenvalue weighted by Gasteiger charge is -2.34. The lowest BCUT2D eigenvalue weighted by atomic mass is 9.70. The minimum atomic E-state index is 0.297. The molecular formula is C13H23NO. The van der Waals surface area contributed by atoms with Gasteiger partial charge in [-0.25, -0.2) is 0 Å². The fraction of sp³-hybridized carbons (Fsp3) is 0.923. The van der Waals surface area contributed by atoms with E-state index < -0.39 is 0 Å². The van der Waals surface area contributed by atoms with E-state index in [4.69, 9.17) is 4.84 Å². The normalized spacial score (nSPS) is 40.0. The smallest absolute Gasteiger partial charge is 0.116 e. The summed E-state index contributed by atoms with van der Waals surface area (Å²) >= 11 is 0. The molecule has 2 atom stereocenters. The molecule has 2 rings (SSSR count). The van der Waals surface area contributed by atoms with Gasteiger partial charge in [-0.15, -0.1) is 0 Å². The van der Waals surface area contributed by atoms with Gasteiger partial charge in [-0.2, -0.15) is 0 Å². The molecule has 0 N–H and O–H groups in total. The van der Waals surface area contributed by atoms with E-state index in [-0.39, 0.29) is 0 Å². The first-order chi connectivity index (χ1) is 7.02. The lowest BCUT2D eigenvalue weighted by Crippen LogP contribution is -2.32. The van der Waals surface area contributed by atoms with E-state index in [1.54, 1.807) is 0 Å². The van der Waals surface area contributed by atoms with Gasteiger partial charge in [-0.1, -0.05) is 32.9 Å². The molecule has 0 radical (unpaired) electrons. The van der Waals surface area contributed by atoms with E-state index in [9.17, 15) is 0 Å². The molecular weight excluding hydrogens is 186 g/mol. The summed E-state index contributed by atoms with van der Waals surface area (Å²) in [4.78, 5) is 5.37. The second kappa shape index (κ2) is 3.50. The highest BCUT2D eigenvalue weighted by Gasteiger charge is 2.60. The van der Waals surface area contributed by atoms with Gasteiger partial charge in [0.15, 0.2) is 0 Å². The van der Waals surface area contributed by atoms with E-state index in [0.29, 0.717) is 10.8 Å². The van der Waals surface area contributed by atoms with Gasteiger partial charge in [0.1, 0.15) is 6.61 Å². The summed E-state index contributed by atoms with van der Waals surface area (Å²) in [6.45, 7) is 10.0. The lowest BCUT2D eigenvalue weighted by molar-refractivity contribution is 0.136. The van der Waals surface area contributed by atoms with Gasteiger partial charge in [0, 0.05) is 5.41 Å². The summed E-state index contributed by atoms with van der Waals surface area (Å²) in [6, 6.07) is 0. The zero-order chi connectivity index (χ0) is 11.1. The minimum absolute atomic E-state index is 0.297. The van der Waals surface area contributed by atoms with Gasteiger partial charge >= 0.3 is 0 Å². The molecule has 2 aliphatic rings. The molecule has 2 heteroatoms. The van der Waals surface area contributed by atoms with Crippen LogP contribution in [0.1, 0.15) is 53.4 Å². The number of oxime groups is 1. The van der Waals surface area contributed by atoms with Crippen LogP contribution < -0.4 is 0 Å². The minimum Gasteiger partial charge on any atom is -0.396 e. The van der Waals surface area contributed by atoms with E-state index in [1.165, 1.54) is 18.6 Å². The molecule has 2 bridgehead atoms. The van der Waals surface area contributed by atoms with Crippen molar-refractivity contribution >= 4 is 5.71 Å². The van der Waals surface area contributed by atoms with Crippen LogP contribution in [-0.4, -0.2) is 12.3 Å². The molecule has 2 saturated carbocycles. The molecule has 0 aromatic rings. The Morgan fingerprint density at radius 2 is 2.13 bits per heavy atom. The Morgan fingerprint density at radius 3 is 2.60 bits per heavy atom. The molecule has 0 aliphatic heterocycles. The molecule has 2 aliphatic carbocycles. The van der Waals surface area contributed by atoms with Crippen molar-refractivity contribution in [3.8, 4) is 0 Å². The quantitative estimate of drug-likeness (QED) is 0.514. The fourth-order valence-electron chi connectivity index (χ4n) is 3.28. The number of rotatable bonds is 3. The average Bonchev–Trinajstić information content (AvgIpc) is 2.51. The van der Waals surface area contributed by atoms with Crippen molar-refractivity contribution < 1.29 is 4.84 Å². The molecule has 0 aromatic carbocycles. The summed E-state index contributed by atoms with van der Waals surface area (Å²) < 4.78 is 0. The van der Waals surface area contributed by atoms with Crippen molar-refractivity contribution in [3.05, 3.63) is 0 Å². The molecule has 15 heavy (non-hydrogen) atoms. The van der Waals surface area contributed by atoms with Crippen LogP contribution in [0, 0.1) is 16.7 Å². The van der Waals surface area contributed by atoms with Gasteiger partial charge in [-0.3, -0.25) is 0 Å². The number of hydrogen-bond donors (Lipinski definition) is 0. The Hall–Kier alpha value is -0.530. The highest BCUT2D eigenvalue weighted by atomic mass is 16.6. The van der Waals surface area contributed by atoms with E-state index in [0.717, 1.165) is 25.4 Å². The van der Waals surface area contributed by atoms with E-state index in [1.807, 2.05) is 0 Å². The number of fused-ring (bicyclic) bond motifs is 2. The highest BCUT2D eigenvalue weighted by Crippen LogP contribution is 2.63. The third-order valence-electron chi connectivity index (χ3n) is 4.98. The predicted octanol–water partition coefficient (Wildman–Crippen LogP) is 3.62. The van der Waals surface area contributed by atoms with Crippen molar-refractivity contribution in [1.29, 1.82) is 0 Å². The first kappa shape index (κ1) is 11.0. The topological polar surface area (TPSA) is 21.6 Å². The number of hydrogen-bond acceptors (Lipinski definition) is 2. The molecule has 86 valence electrons. The van der Waals surface area contributed by atoms with Gasteiger partial charge in [-0.05, 0) is 37.0 Å². The first-order valence-electron chi connectivity index (χ1n) is 6.21. The Balaban J connectivity index is 2.15. The Morgan fingerprint density at radius 1 is 1.40 bits per heavy atom. The van der Waals surface area contributed by atoms with Crippen LogP contribution in [-0.2, 0) is 4.84 Å². The summed E-state index contributed by atoms with van der Waals surface area (Å²) in [5, 5.41) is 4.38. The van der Waals surface area contributed by atoms with Crippen molar-refractivity contribution in [2.24, 2.45) is 21.9 Å². The number of nitrogens with zero attached hydrogens (tertiary/aromatic N) is 1. The van der Waals surface area contributed by atoms with Crippen molar-refractivity contribution in [3.63, 3.8) is 0 Å². The maximum Gasteiger partial charge on any atom is 0.116 e. The fourth-order valence-corrected chi connectivity index (χ4v) is 3.28. The van der Waals surface area contributed by atoms with Crippen LogP contribution in [0.2, 0.25) is 0 Å². The molecule has 2 nitrogen and oxygen atoms in total. The van der Waals surface area contributed by atoms with Crippen LogP contribution in [0.4, 0.5) is 0 Å². The van der Waals surface area contributed by atoms with Gasteiger partial charge in [0.2, 0.25) is 0 Å². The van der Waals surface area contributed by atoms with Gasteiger partial charge < -0.3 is 4.84 Å². The molecule has 0 heterocycles. The summed E-state index contributed by atoms with van der Waals surface area (Å²) in [7, 11) is 0. The van der Waals surface area contributed by atoms with Crippen molar-refractivity contribution in [2.45, 2.75) is 53.4 Å². The third-order valence-corrected chi connectivity index (χ3v) is 4.98. The monoisotopic (exact) mass is 209 g/mol. The molecule has 0 aromatic heterocycles. The zero-order valence-electron chi connectivity index (χ0n) is 10.5. The Bertz CT molecular complexity index is 282.